The van der Waals surface area contributed by atoms with Crippen LogP contribution in [0.5, 0.6) is 0 Å². The van der Waals surface area contributed by atoms with Crippen LogP contribution in [0.1, 0.15) is 26.3 Å². The molecule has 13 heavy (non-hydrogen) atoms. The summed E-state index contributed by atoms with van der Waals surface area (Å²) in [6, 6.07) is 9.79. The normalized spacial score (nSPS) is 22.8. The minimum atomic E-state index is 0. The van der Waals surface area contributed by atoms with E-state index in [1.54, 1.807) is 0 Å². The fraction of sp³-hybridized carbons (Fsp3) is 0.455. The Labute approximate surface area is 123 Å². The Morgan fingerprint density at radius 3 is 2.77 bits per heavy atom. The molecule has 0 saturated carbocycles. The van der Waals surface area contributed by atoms with Gasteiger partial charge >= 0.3 is 51.4 Å². The molecule has 0 spiro atoms. The molecule has 1 aliphatic heterocycles. The zero-order valence-corrected chi connectivity index (χ0v) is 11.9. The molecule has 2 heteroatoms. The van der Waals surface area contributed by atoms with Crippen molar-refractivity contribution in [2.24, 2.45) is 0 Å². The van der Waals surface area contributed by atoms with E-state index in [-0.39, 0.29) is 56.8 Å². The monoisotopic (exact) mass is 199 g/mol. The smallest absolute Gasteiger partial charge is 0.404 e. The minimum absolute atomic E-state index is 0. The summed E-state index contributed by atoms with van der Waals surface area (Å²) < 4.78 is 0. The maximum absolute atomic E-state index is 3.47. The van der Waals surface area contributed by atoms with Crippen LogP contribution in [0.15, 0.2) is 18.2 Å². The Morgan fingerprint density at radius 2 is 2.15 bits per heavy atom. The van der Waals surface area contributed by atoms with E-state index in [0.717, 1.165) is 0 Å². The molecule has 1 aromatic carbocycles. The van der Waals surface area contributed by atoms with Gasteiger partial charge in [0.25, 0.3) is 0 Å². The van der Waals surface area contributed by atoms with Gasteiger partial charge in [-0.25, -0.2) is 0 Å². The zero-order chi connectivity index (χ0) is 8.77. The molecular weight excluding hydrogens is 185 g/mol. The summed E-state index contributed by atoms with van der Waals surface area (Å²) in [5, 5.41) is 3.47. The minimum Gasteiger partial charge on any atom is -0.404 e. The molecule has 0 fully saturated rings. The van der Waals surface area contributed by atoms with E-state index in [2.05, 4.69) is 44.3 Å². The van der Waals surface area contributed by atoms with Crippen molar-refractivity contribution in [1.29, 1.82) is 0 Å². The molecule has 1 unspecified atom stereocenters. The molecule has 1 heterocycles. The molecular formula is C11H14KN. The predicted molar refractivity (Wildman–Crippen MR) is 51.4 cm³/mol. The maximum atomic E-state index is 3.47. The number of rotatable bonds is 0. The number of anilines is 1. The van der Waals surface area contributed by atoms with Crippen molar-refractivity contribution in [3.8, 4) is 0 Å². The summed E-state index contributed by atoms with van der Waals surface area (Å²) in [5.74, 6) is 0. The average Bonchev–Trinajstić information content (AvgIpc) is 2.25. The van der Waals surface area contributed by atoms with E-state index < -0.39 is 0 Å². The van der Waals surface area contributed by atoms with Gasteiger partial charge in [-0.2, -0.15) is 18.2 Å². The first kappa shape index (κ1) is 11.7. The predicted octanol–water partition coefficient (Wildman–Crippen LogP) is -0.418. The third-order valence-electron chi connectivity index (χ3n) is 3.01. The Kier molecular flexibility index (Phi) is 3.64. The van der Waals surface area contributed by atoms with E-state index in [0.29, 0.717) is 6.04 Å². The van der Waals surface area contributed by atoms with Gasteiger partial charge in [0.1, 0.15) is 0 Å². The van der Waals surface area contributed by atoms with Crippen molar-refractivity contribution in [2.45, 2.75) is 32.2 Å². The van der Waals surface area contributed by atoms with Gasteiger partial charge in [-0.3, -0.25) is 0 Å². The molecule has 2 rings (SSSR count). The molecule has 0 amide bonds. The topological polar surface area (TPSA) is 12.0 Å². The van der Waals surface area contributed by atoms with E-state index in [1.807, 2.05) is 6.07 Å². The summed E-state index contributed by atoms with van der Waals surface area (Å²) in [4.78, 5) is 0. The first-order chi connectivity index (χ1) is 5.62. The Hall–Kier alpha value is 0.656. The van der Waals surface area contributed by atoms with Crippen molar-refractivity contribution in [3.63, 3.8) is 0 Å². The van der Waals surface area contributed by atoms with Crippen molar-refractivity contribution >= 4 is 5.69 Å². The summed E-state index contributed by atoms with van der Waals surface area (Å²) in [5.41, 5.74) is 2.90. The fourth-order valence-corrected chi connectivity index (χ4v) is 1.74. The van der Waals surface area contributed by atoms with Crippen LogP contribution in [0.25, 0.3) is 0 Å². The second kappa shape index (κ2) is 4.03. The average molecular weight is 199 g/mol. The van der Waals surface area contributed by atoms with E-state index in [1.165, 1.54) is 11.3 Å². The first-order valence-electron chi connectivity index (χ1n) is 4.39. The van der Waals surface area contributed by atoms with Crippen LogP contribution >= 0.6 is 0 Å². The van der Waals surface area contributed by atoms with Gasteiger partial charge in [0.05, 0.1) is 0 Å². The van der Waals surface area contributed by atoms with Gasteiger partial charge in [-0.1, -0.05) is 19.5 Å². The van der Waals surface area contributed by atoms with Crippen LogP contribution in [0.3, 0.4) is 0 Å². The van der Waals surface area contributed by atoms with Crippen LogP contribution in [0.2, 0.25) is 0 Å². The van der Waals surface area contributed by atoms with Crippen LogP contribution in [-0.2, 0) is 5.41 Å². The Balaban J connectivity index is 0.000000845. The van der Waals surface area contributed by atoms with Crippen molar-refractivity contribution in [3.05, 3.63) is 29.8 Å². The number of hydrogen-bond donors (Lipinski definition) is 1. The molecule has 0 saturated heterocycles. The van der Waals surface area contributed by atoms with E-state index in [9.17, 15) is 0 Å². The molecule has 0 aromatic heterocycles. The van der Waals surface area contributed by atoms with Gasteiger partial charge in [0.2, 0.25) is 0 Å². The standard InChI is InChI=1S/C11H14N.K/c1-8-11(2,3)9-6-4-5-7-10(9)12-8;/h5-8,12H,1-3H3;/q-1;+1. The maximum Gasteiger partial charge on any atom is 1.00 e. The van der Waals surface area contributed by atoms with Gasteiger partial charge in [-0.05, 0) is 12.3 Å². The molecule has 0 aliphatic carbocycles. The quantitative estimate of drug-likeness (QED) is 0.442. The molecule has 1 aromatic rings. The number of hydrogen-bond acceptors (Lipinski definition) is 1. The number of benzene rings is 1. The van der Waals surface area contributed by atoms with E-state index in [4.69, 9.17) is 0 Å². The van der Waals surface area contributed by atoms with Gasteiger partial charge in [-0.15, -0.1) is 11.6 Å². The fourth-order valence-electron chi connectivity index (χ4n) is 1.74. The van der Waals surface area contributed by atoms with Crippen LogP contribution < -0.4 is 56.7 Å². The second-order valence-electron chi connectivity index (χ2n) is 4.06. The molecule has 0 radical (unpaired) electrons. The summed E-state index contributed by atoms with van der Waals surface area (Å²) in [6.45, 7) is 6.76. The SMILES string of the molecule is CC1Nc2cc[c-]cc2C1(C)C.[K+]. The van der Waals surface area contributed by atoms with Gasteiger partial charge in [0.15, 0.2) is 0 Å². The van der Waals surface area contributed by atoms with Crippen molar-refractivity contribution < 1.29 is 51.4 Å². The van der Waals surface area contributed by atoms with Crippen LogP contribution in [0, 0.1) is 6.07 Å². The third-order valence-corrected chi connectivity index (χ3v) is 3.01. The Bertz CT molecular complexity index is 307. The summed E-state index contributed by atoms with van der Waals surface area (Å²) in [7, 11) is 0. The molecule has 1 N–H and O–H groups in total. The van der Waals surface area contributed by atoms with Crippen LogP contribution in [-0.4, -0.2) is 6.04 Å². The molecule has 0 bridgehead atoms. The largest absolute Gasteiger partial charge is 1.00 e. The molecule has 64 valence electrons. The van der Waals surface area contributed by atoms with Crippen molar-refractivity contribution in [2.75, 3.05) is 5.32 Å². The van der Waals surface area contributed by atoms with Crippen molar-refractivity contribution in [1.82, 2.24) is 0 Å². The summed E-state index contributed by atoms with van der Waals surface area (Å²) >= 11 is 0. The molecule has 1 nitrogen and oxygen atoms in total. The Morgan fingerprint density at radius 1 is 1.46 bits per heavy atom. The van der Waals surface area contributed by atoms with E-state index >= 15 is 0 Å². The van der Waals surface area contributed by atoms with Gasteiger partial charge in [0, 0.05) is 6.04 Å². The number of fused-ring (bicyclic) bond motifs is 1. The molecule has 1 aliphatic rings. The third kappa shape index (κ3) is 1.88. The first-order valence-corrected chi connectivity index (χ1v) is 4.39. The zero-order valence-electron chi connectivity index (χ0n) is 8.81. The number of nitrogens with one attached hydrogen (secondary N) is 1. The van der Waals surface area contributed by atoms with Gasteiger partial charge < -0.3 is 5.32 Å². The molecule has 1 atom stereocenters. The van der Waals surface area contributed by atoms with Crippen LogP contribution in [0.4, 0.5) is 5.69 Å². The summed E-state index contributed by atoms with van der Waals surface area (Å²) in [6.07, 6.45) is 0. The second-order valence-corrected chi connectivity index (χ2v) is 4.06.